The van der Waals surface area contributed by atoms with Crippen LogP contribution >= 0.6 is 15.9 Å². The minimum atomic E-state index is -0.282. The Morgan fingerprint density at radius 2 is 2.06 bits per heavy atom. The molecule has 0 aliphatic heterocycles. The molecule has 0 bridgehead atoms. The van der Waals surface area contributed by atoms with E-state index in [1.54, 1.807) is 12.1 Å². The second-order valence-corrected chi connectivity index (χ2v) is 4.70. The number of hydrogen-bond donors (Lipinski definition) is 1. The predicted molar refractivity (Wildman–Crippen MR) is 72.7 cm³/mol. The molecule has 5 heteroatoms. The number of rotatable bonds is 1. The van der Waals surface area contributed by atoms with Gasteiger partial charge in [0.05, 0.1) is 5.52 Å². The van der Waals surface area contributed by atoms with Crippen LogP contribution in [0.1, 0.15) is 0 Å². The van der Waals surface area contributed by atoms with Gasteiger partial charge in [-0.1, -0.05) is 12.1 Å². The van der Waals surface area contributed by atoms with Crippen LogP contribution in [0.2, 0.25) is 0 Å². The van der Waals surface area contributed by atoms with Crippen molar-refractivity contribution in [3.05, 3.63) is 53.0 Å². The molecule has 0 aliphatic rings. The van der Waals surface area contributed by atoms with E-state index in [2.05, 4.69) is 20.9 Å². The number of anilines is 1. The summed E-state index contributed by atoms with van der Waals surface area (Å²) < 4.78 is 15.8. The van der Waals surface area contributed by atoms with E-state index in [0.717, 1.165) is 11.1 Å². The lowest BCUT2D eigenvalue weighted by atomic mass is 10.2. The van der Waals surface area contributed by atoms with Crippen molar-refractivity contribution in [3.63, 3.8) is 0 Å². The largest absolute Gasteiger partial charge is 0.399 e. The van der Waals surface area contributed by atoms with Crippen molar-refractivity contribution in [2.24, 2.45) is 0 Å². The van der Waals surface area contributed by atoms with Crippen molar-refractivity contribution in [2.45, 2.75) is 0 Å². The van der Waals surface area contributed by atoms with Gasteiger partial charge in [-0.15, -0.1) is 0 Å². The standard InChI is InChI=1S/C13H9BrFN3/c14-12-11-7-10(16)4-5-18(11)13(17-12)8-2-1-3-9(15)6-8/h1-7H,16H2. The van der Waals surface area contributed by atoms with Gasteiger partial charge < -0.3 is 5.73 Å². The highest BCUT2D eigenvalue weighted by Crippen LogP contribution is 2.27. The Labute approximate surface area is 111 Å². The summed E-state index contributed by atoms with van der Waals surface area (Å²) in [5.74, 6) is 0.396. The SMILES string of the molecule is Nc1ccn2c(-c3cccc(F)c3)nc(Br)c2c1. The molecule has 90 valence electrons. The van der Waals surface area contributed by atoms with E-state index in [-0.39, 0.29) is 5.82 Å². The maximum absolute atomic E-state index is 13.3. The molecule has 2 aromatic heterocycles. The average molecular weight is 306 g/mol. The lowest BCUT2D eigenvalue weighted by Crippen LogP contribution is -1.91. The van der Waals surface area contributed by atoms with Crippen molar-refractivity contribution >= 4 is 27.1 Å². The van der Waals surface area contributed by atoms with Gasteiger partial charge >= 0.3 is 0 Å². The van der Waals surface area contributed by atoms with Crippen LogP contribution in [0.5, 0.6) is 0 Å². The van der Waals surface area contributed by atoms with Crippen LogP contribution in [0.3, 0.4) is 0 Å². The third kappa shape index (κ3) is 1.76. The highest BCUT2D eigenvalue weighted by molar-refractivity contribution is 9.10. The number of nitrogens with zero attached hydrogens (tertiary/aromatic N) is 2. The summed E-state index contributed by atoms with van der Waals surface area (Å²) in [6.07, 6.45) is 1.82. The van der Waals surface area contributed by atoms with E-state index >= 15 is 0 Å². The zero-order valence-electron chi connectivity index (χ0n) is 9.27. The van der Waals surface area contributed by atoms with Crippen LogP contribution in [0.25, 0.3) is 16.9 Å². The lowest BCUT2D eigenvalue weighted by molar-refractivity contribution is 0.628. The van der Waals surface area contributed by atoms with Gasteiger partial charge in [-0.25, -0.2) is 9.37 Å². The van der Waals surface area contributed by atoms with E-state index in [4.69, 9.17) is 5.73 Å². The van der Waals surface area contributed by atoms with E-state index in [1.807, 2.05) is 22.7 Å². The first kappa shape index (κ1) is 11.2. The fourth-order valence-corrected chi connectivity index (χ4v) is 2.37. The third-order valence-corrected chi connectivity index (χ3v) is 3.29. The number of fused-ring (bicyclic) bond motifs is 1. The van der Waals surface area contributed by atoms with Crippen molar-refractivity contribution in [3.8, 4) is 11.4 Å². The van der Waals surface area contributed by atoms with Gasteiger partial charge in [0, 0.05) is 17.4 Å². The first-order valence-corrected chi connectivity index (χ1v) is 6.13. The molecule has 1 aromatic carbocycles. The summed E-state index contributed by atoms with van der Waals surface area (Å²) in [6.45, 7) is 0. The van der Waals surface area contributed by atoms with Crippen LogP contribution < -0.4 is 5.73 Å². The number of benzene rings is 1. The molecule has 0 radical (unpaired) electrons. The van der Waals surface area contributed by atoms with E-state index < -0.39 is 0 Å². The van der Waals surface area contributed by atoms with Gasteiger partial charge in [-0.05, 0) is 40.2 Å². The normalized spacial score (nSPS) is 11.0. The number of halogens is 2. The quantitative estimate of drug-likeness (QED) is 0.748. The fraction of sp³-hybridized carbons (Fsp3) is 0. The summed E-state index contributed by atoms with van der Waals surface area (Å²) in [6, 6.07) is 9.95. The van der Waals surface area contributed by atoms with Gasteiger partial charge in [0.1, 0.15) is 16.2 Å². The Hall–Kier alpha value is -1.88. The molecule has 0 fully saturated rings. The molecule has 3 aromatic rings. The predicted octanol–water partition coefficient (Wildman–Crippen LogP) is 3.49. The second kappa shape index (κ2) is 4.10. The van der Waals surface area contributed by atoms with E-state index in [9.17, 15) is 4.39 Å². The summed E-state index contributed by atoms with van der Waals surface area (Å²) >= 11 is 3.39. The van der Waals surface area contributed by atoms with Crippen LogP contribution in [0.4, 0.5) is 10.1 Å². The highest BCUT2D eigenvalue weighted by Gasteiger charge is 2.11. The van der Waals surface area contributed by atoms with Gasteiger partial charge in [0.15, 0.2) is 0 Å². The van der Waals surface area contributed by atoms with Crippen LogP contribution in [-0.4, -0.2) is 9.38 Å². The first-order chi connectivity index (χ1) is 8.65. The third-order valence-electron chi connectivity index (χ3n) is 2.71. The van der Waals surface area contributed by atoms with Crippen LogP contribution in [0.15, 0.2) is 47.2 Å². The Morgan fingerprint density at radius 1 is 1.22 bits per heavy atom. The molecular formula is C13H9BrFN3. The van der Waals surface area contributed by atoms with Crippen LogP contribution in [-0.2, 0) is 0 Å². The zero-order chi connectivity index (χ0) is 12.7. The Kier molecular flexibility index (Phi) is 2.56. The average Bonchev–Trinajstić information content (AvgIpc) is 2.67. The molecule has 0 aliphatic carbocycles. The lowest BCUT2D eigenvalue weighted by Gasteiger charge is -2.02. The van der Waals surface area contributed by atoms with Crippen molar-refractivity contribution < 1.29 is 4.39 Å². The molecule has 18 heavy (non-hydrogen) atoms. The summed E-state index contributed by atoms with van der Waals surface area (Å²) in [7, 11) is 0. The Morgan fingerprint density at radius 3 is 2.83 bits per heavy atom. The molecule has 2 heterocycles. The van der Waals surface area contributed by atoms with Crippen molar-refractivity contribution in [1.82, 2.24) is 9.38 Å². The molecule has 0 atom stereocenters. The molecule has 0 amide bonds. The maximum atomic E-state index is 13.3. The number of nitrogen functional groups attached to an aromatic ring is 1. The minimum Gasteiger partial charge on any atom is -0.399 e. The highest BCUT2D eigenvalue weighted by atomic mass is 79.9. The number of imidazole rings is 1. The number of aromatic nitrogens is 2. The summed E-state index contributed by atoms with van der Waals surface area (Å²) in [4.78, 5) is 4.40. The smallest absolute Gasteiger partial charge is 0.146 e. The summed E-state index contributed by atoms with van der Waals surface area (Å²) in [5.41, 5.74) is 7.98. The minimum absolute atomic E-state index is 0.282. The van der Waals surface area contributed by atoms with Crippen molar-refractivity contribution in [1.29, 1.82) is 0 Å². The van der Waals surface area contributed by atoms with Crippen LogP contribution in [0, 0.1) is 5.82 Å². The number of nitrogens with two attached hydrogens (primary N) is 1. The molecule has 0 saturated heterocycles. The first-order valence-electron chi connectivity index (χ1n) is 5.34. The summed E-state index contributed by atoms with van der Waals surface area (Å²) in [5, 5.41) is 0. The molecule has 2 N–H and O–H groups in total. The molecule has 0 saturated carbocycles. The molecule has 0 unspecified atom stereocenters. The molecule has 3 rings (SSSR count). The molecular weight excluding hydrogens is 297 g/mol. The van der Waals surface area contributed by atoms with E-state index in [1.165, 1.54) is 12.1 Å². The molecule has 3 nitrogen and oxygen atoms in total. The Balaban J connectivity index is 2.30. The fourth-order valence-electron chi connectivity index (χ4n) is 1.90. The van der Waals surface area contributed by atoms with Gasteiger partial charge in [-0.2, -0.15) is 0 Å². The van der Waals surface area contributed by atoms with Crippen molar-refractivity contribution in [2.75, 3.05) is 5.73 Å². The Bertz CT molecular complexity index is 736. The van der Waals surface area contributed by atoms with Gasteiger partial charge in [0.25, 0.3) is 0 Å². The van der Waals surface area contributed by atoms with Gasteiger partial charge in [-0.3, -0.25) is 4.40 Å². The number of pyridine rings is 1. The monoisotopic (exact) mass is 305 g/mol. The maximum Gasteiger partial charge on any atom is 0.146 e. The van der Waals surface area contributed by atoms with E-state index in [0.29, 0.717) is 16.1 Å². The second-order valence-electron chi connectivity index (χ2n) is 3.95. The molecule has 0 spiro atoms. The number of hydrogen-bond acceptors (Lipinski definition) is 2. The zero-order valence-corrected chi connectivity index (χ0v) is 10.9. The topological polar surface area (TPSA) is 43.3 Å². The van der Waals surface area contributed by atoms with Gasteiger partial charge in [0.2, 0.25) is 0 Å².